The quantitative estimate of drug-likeness (QED) is 0.576. The number of hydrogen-bond acceptors (Lipinski definition) is 6. The molecule has 2 aromatic heterocycles. The van der Waals surface area contributed by atoms with Crippen molar-refractivity contribution in [3.05, 3.63) is 51.9 Å². The first-order valence-corrected chi connectivity index (χ1v) is 6.02. The van der Waals surface area contributed by atoms with Gasteiger partial charge in [0, 0.05) is 0 Å². The molecule has 9 heteroatoms. The summed E-state index contributed by atoms with van der Waals surface area (Å²) < 4.78 is 13.0. The third-order valence-corrected chi connectivity index (χ3v) is 2.70. The Labute approximate surface area is 122 Å². The Hall–Kier alpha value is -2.74. The number of nitrogen functional groups attached to an aromatic ring is 2. The van der Waals surface area contributed by atoms with Crippen LogP contribution in [-0.2, 0) is 0 Å². The Morgan fingerprint density at radius 1 is 1.24 bits per heavy atom. The normalized spacial score (nSPS) is 10.0. The molecule has 0 atom stereocenters. The Bertz CT molecular complexity index is 837. The number of benzene rings is 1. The second-order valence-electron chi connectivity index (χ2n) is 3.83. The van der Waals surface area contributed by atoms with E-state index in [-0.39, 0.29) is 28.2 Å². The fraction of sp³-hybridized carbons (Fsp3) is 0. The molecule has 7 nitrogen and oxygen atoms in total. The van der Waals surface area contributed by atoms with Crippen LogP contribution in [0.5, 0.6) is 0 Å². The second-order valence-corrected chi connectivity index (χ2v) is 4.24. The summed E-state index contributed by atoms with van der Waals surface area (Å²) in [5.41, 5.74) is 10.2. The molecule has 0 radical (unpaired) electrons. The molecule has 0 saturated carbocycles. The van der Waals surface area contributed by atoms with Crippen LogP contribution in [-0.4, -0.2) is 19.9 Å². The van der Waals surface area contributed by atoms with Crippen LogP contribution in [0, 0.1) is 5.82 Å². The van der Waals surface area contributed by atoms with Crippen molar-refractivity contribution >= 4 is 34.3 Å². The number of para-hydroxylation sites is 1. The number of nitrogens with two attached hydrogens (primary N) is 2. The largest absolute Gasteiger partial charge is 0.382 e. The lowest BCUT2D eigenvalue weighted by Crippen LogP contribution is -2.06. The maximum Gasteiger partial charge on any atom is 0.258 e. The SMILES string of the molecule is Nc1ncc(Cl)c(N)n1.O=c1[nH]cnc2c(F)cccc12. The van der Waals surface area contributed by atoms with Gasteiger partial charge in [-0.3, -0.25) is 4.79 Å². The third kappa shape index (κ3) is 3.42. The molecule has 0 saturated heterocycles. The van der Waals surface area contributed by atoms with Gasteiger partial charge in [-0.05, 0) is 12.1 Å². The van der Waals surface area contributed by atoms with Crippen molar-refractivity contribution in [2.24, 2.45) is 0 Å². The zero-order valence-corrected chi connectivity index (χ0v) is 11.3. The van der Waals surface area contributed by atoms with Crippen molar-refractivity contribution in [3.63, 3.8) is 0 Å². The van der Waals surface area contributed by atoms with Crippen molar-refractivity contribution < 1.29 is 4.39 Å². The van der Waals surface area contributed by atoms with Crippen molar-refractivity contribution in [3.8, 4) is 0 Å². The van der Waals surface area contributed by atoms with E-state index in [9.17, 15) is 9.18 Å². The van der Waals surface area contributed by atoms with Gasteiger partial charge in [0.25, 0.3) is 5.56 Å². The molecular formula is C12H10ClFN6O. The molecule has 1 aromatic carbocycles. The van der Waals surface area contributed by atoms with Gasteiger partial charge in [-0.2, -0.15) is 4.98 Å². The number of anilines is 2. The first kappa shape index (κ1) is 14.7. The van der Waals surface area contributed by atoms with Crippen LogP contribution >= 0.6 is 11.6 Å². The summed E-state index contributed by atoms with van der Waals surface area (Å²) in [4.78, 5) is 24.3. The minimum atomic E-state index is -0.474. The molecule has 0 amide bonds. The zero-order valence-electron chi connectivity index (χ0n) is 10.5. The number of aromatic nitrogens is 4. The monoisotopic (exact) mass is 308 g/mol. The zero-order chi connectivity index (χ0) is 15.4. The minimum absolute atomic E-state index is 0.112. The van der Waals surface area contributed by atoms with E-state index in [2.05, 4.69) is 19.9 Å². The van der Waals surface area contributed by atoms with E-state index in [4.69, 9.17) is 23.1 Å². The van der Waals surface area contributed by atoms with E-state index < -0.39 is 5.82 Å². The van der Waals surface area contributed by atoms with Gasteiger partial charge in [0.15, 0.2) is 0 Å². The lowest BCUT2D eigenvalue weighted by molar-refractivity contribution is 0.636. The lowest BCUT2D eigenvalue weighted by atomic mass is 10.2. The van der Waals surface area contributed by atoms with Crippen molar-refractivity contribution in [1.29, 1.82) is 0 Å². The van der Waals surface area contributed by atoms with Gasteiger partial charge in [-0.25, -0.2) is 14.4 Å². The van der Waals surface area contributed by atoms with Crippen LogP contribution in [0.15, 0.2) is 35.5 Å². The van der Waals surface area contributed by atoms with E-state index in [1.54, 1.807) is 0 Å². The van der Waals surface area contributed by atoms with Gasteiger partial charge < -0.3 is 16.5 Å². The molecule has 0 aliphatic carbocycles. The van der Waals surface area contributed by atoms with Crippen LogP contribution in [0.3, 0.4) is 0 Å². The summed E-state index contributed by atoms with van der Waals surface area (Å²) in [7, 11) is 0. The number of nitrogens with one attached hydrogen (secondary N) is 1. The minimum Gasteiger partial charge on any atom is -0.382 e. The van der Waals surface area contributed by atoms with Gasteiger partial charge in [-0.1, -0.05) is 17.7 Å². The molecule has 0 fully saturated rings. The standard InChI is InChI=1S/C8H5FN2O.C4H5ClN4/c9-6-3-1-2-5-7(6)10-4-11-8(5)12;5-2-1-8-4(7)9-3(2)6/h1-4H,(H,10,11,12);1H,(H4,6,7,8,9). The summed E-state index contributed by atoms with van der Waals surface area (Å²) in [6, 6.07) is 4.29. The van der Waals surface area contributed by atoms with Gasteiger partial charge >= 0.3 is 0 Å². The highest BCUT2D eigenvalue weighted by Crippen LogP contribution is 2.13. The Morgan fingerprint density at radius 2 is 2.00 bits per heavy atom. The van der Waals surface area contributed by atoms with E-state index in [1.165, 1.54) is 30.7 Å². The summed E-state index contributed by atoms with van der Waals surface area (Å²) in [6.45, 7) is 0. The Balaban J connectivity index is 0.000000161. The van der Waals surface area contributed by atoms with Crippen LogP contribution in [0.1, 0.15) is 0 Å². The fourth-order valence-electron chi connectivity index (χ4n) is 1.46. The lowest BCUT2D eigenvalue weighted by Gasteiger charge is -1.94. The number of halogens is 2. The first-order valence-electron chi connectivity index (χ1n) is 5.64. The molecule has 2 heterocycles. The number of hydrogen-bond donors (Lipinski definition) is 3. The summed E-state index contributed by atoms with van der Waals surface area (Å²) in [5, 5.41) is 0.599. The average Bonchev–Trinajstić information content (AvgIpc) is 2.45. The van der Waals surface area contributed by atoms with Crippen molar-refractivity contribution in [2.75, 3.05) is 11.5 Å². The molecule has 108 valence electrons. The van der Waals surface area contributed by atoms with E-state index in [0.717, 1.165) is 0 Å². The Morgan fingerprint density at radius 3 is 2.62 bits per heavy atom. The van der Waals surface area contributed by atoms with Crippen LogP contribution in [0.4, 0.5) is 16.2 Å². The maximum absolute atomic E-state index is 13.0. The molecule has 3 rings (SSSR count). The van der Waals surface area contributed by atoms with E-state index in [0.29, 0.717) is 5.02 Å². The summed E-state index contributed by atoms with van der Waals surface area (Å²) >= 11 is 5.48. The van der Waals surface area contributed by atoms with Crippen LogP contribution < -0.4 is 17.0 Å². The fourth-order valence-corrected chi connectivity index (χ4v) is 1.55. The van der Waals surface area contributed by atoms with Gasteiger partial charge in [-0.15, -0.1) is 0 Å². The number of aromatic amines is 1. The van der Waals surface area contributed by atoms with E-state index >= 15 is 0 Å². The van der Waals surface area contributed by atoms with Gasteiger partial charge in [0.1, 0.15) is 22.2 Å². The van der Waals surface area contributed by atoms with Crippen LogP contribution in [0.25, 0.3) is 10.9 Å². The van der Waals surface area contributed by atoms with Crippen LogP contribution in [0.2, 0.25) is 5.02 Å². The second kappa shape index (κ2) is 6.14. The topological polar surface area (TPSA) is 124 Å². The highest BCUT2D eigenvalue weighted by molar-refractivity contribution is 6.32. The highest BCUT2D eigenvalue weighted by atomic mass is 35.5. The summed E-state index contributed by atoms with van der Waals surface area (Å²) in [5.74, 6) is -0.125. The van der Waals surface area contributed by atoms with E-state index in [1.807, 2.05) is 0 Å². The van der Waals surface area contributed by atoms with Crippen molar-refractivity contribution in [1.82, 2.24) is 19.9 Å². The molecule has 21 heavy (non-hydrogen) atoms. The maximum atomic E-state index is 13.0. The predicted octanol–water partition coefficient (Wildman–Crippen LogP) is 1.36. The average molecular weight is 309 g/mol. The molecule has 3 aromatic rings. The van der Waals surface area contributed by atoms with Crippen molar-refractivity contribution in [2.45, 2.75) is 0 Å². The first-order chi connectivity index (χ1) is 9.99. The number of nitrogens with zero attached hydrogens (tertiary/aromatic N) is 3. The predicted molar refractivity (Wildman–Crippen MR) is 78.2 cm³/mol. The molecule has 0 aliphatic rings. The summed E-state index contributed by atoms with van der Waals surface area (Å²) in [6.07, 6.45) is 2.55. The molecule has 0 unspecified atom stereocenters. The number of rotatable bonds is 0. The Kier molecular flexibility index (Phi) is 4.29. The molecular weight excluding hydrogens is 299 g/mol. The van der Waals surface area contributed by atoms with Gasteiger partial charge in [0.05, 0.1) is 17.9 Å². The van der Waals surface area contributed by atoms with Gasteiger partial charge in [0.2, 0.25) is 5.95 Å². The molecule has 0 aliphatic heterocycles. The number of H-pyrrole nitrogens is 1. The smallest absolute Gasteiger partial charge is 0.258 e. The number of fused-ring (bicyclic) bond motifs is 1. The molecule has 0 bridgehead atoms. The molecule has 5 N–H and O–H groups in total. The third-order valence-electron chi connectivity index (χ3n) is 2.41. The highest BCUT2D eigenvalue weighted by Gasteiger charge is 2.02. The molecule has 0 spiro atoms.